The molecule has 3 heterocycles. The molecule has 6 rings (SSSR count). The third-order valence-electron chi connectivity index (χ3n) is 8.67. The van der Waals surface area contributed by atoms with Gasteiger partial charge in [0, 0.05) is 49.4 Å². The third-order valence-corrected chi connectivity index (χ3v) is 9.18. The lowest BCUT2D eigenvalue weighted by Gasteiger charge is -2.39. The number of ether oxygens (including phenoxy) is 2. The number of benzene rings is 3. The summed E-state index contributed by atoms with van der Waals surface area (Å²) >= 11 is 12.5. The fourth-order valence-corrected chi connectivity index (χ4v) is 6.62. The number of amidine groups is 1. The van der Waals surface area contributed by atoms with Crippen LogP contribution in [0.5, 0.6) is 5.75 Å². The number of carbonyl (C=O) groups excluding carboxylic acids is 1. The molecule has 0 aromatic heterocycles. The molecule has 0 saturated carbocycles. The zero-order valence-electron chi connectivity index (χ0n) is 25.4. The van der Waals surface area contributed by atoms with Gasteiger partial charge in [0.05, 0.1) is 29.9 Å². The first kappa shape index (κ1) is 32.6. The van der Waals surface area contributed by atoms with E-state index in [0.29, 0.717) is 41.8 Å². The Morgan fingerprint density at radius 1 is 0.957 bits per heavy atom. The molecule has 7 nitrogen and oxygen atoms in total. The van der Waals surface area contributed by atoms with Crippen LogP contribution in [0.4, 0.5) is 18.0 Å². The van der Waals surface area contributed by atoms with Gasteiger partial charge in [0.2, 0.25) is 0 Å². The molecule has 0 aliphatic carbocycles. The second kappa shape index (κ2) is 13.8. The van der Waals surface area contributed by atoms with Crippen molar-refractivity contribution >= 4 is 35.1 Å². The van der Waals surface area contributed by atoms with Crippen molar-refractivity contribution in [2.75, 3.05) is 45.9 Å². The van der Waals surface area contributed by atoms with E-state index in [1.54, 1.807) is 41.0 Å². The van der Waals surface area contributed by atoms with E-state index >= 15 is 0 Å². The molecule has 46 heavy (non-hydrogen) atoms. The van der Waals surface area contributed by atoms with E-state index < -0.39 is 23.8 Å². The van der Waals surface area contributed by atoms with Crippen LogP contribution in [0.1, 0.15) is 54.1 Å². The molecule has 2 fully saturated rings. The van der Waals surface area contributed by atoms with E-state index in [-0.39, 0.29) is 30.3 Å². The minimum atomic E-state index is -4.57. The number of aliphatic imine (C=N–C) groups is 1. The standard InChI is InChI=1S/C34H35Cl2F3N4O3/c1-2-45-29-20-24(34(37,38)39)9-14-28(29)32-40-30(22-5-10-25(35)11-6-22)31(23-7-12-26(36)13-8-23)43(32)33(44)42-17-15-41(16-18-42)21-27-4-3-19-46-27/h5-14,20,27,30-31H,2-4,15-19,21H2,1H3. The van der Waals surface area contributed by atoms with Crippen LogP contribution in [0.15, 0.2) is 71.7 Å². The monoisotopic (exact) mass is 674 g/mol. The average Bonchev–Trinajstić information content (AvgIpc) is 3.70. The Kier molecular flexibility index (Phi) is 9.80. The number of carbonyl (C=O) groups is 1. The highest BCUT2D eigenvalue weighted by molar-refractivity contribution is 6.30. The molecule has 3 aromatic rings. The van der Waals surface area contributed by atoms with Crippen molar-refractivity contribution in [2.45, 2.75) is 44.1 Å². The van der Waals surface area contributed by atoms with Gasteiger partial charge >= 0.3 is 12.2 Å². The van der Waals surface area contributed by atoms with Crippen LogP contribution < -0.4 is 4.74 Å². The Morgan fingerprint density at radius 3 is 2.20 bits per heavy atom. The van der Waals surface area contributed by atoms with Gasteiger partial charge in [0.1, 0.15) is 17.6 Å². The van der Waals surface area contributed by atoms with Crippen molar-refractivity contribution in [3.05, 3.63) is 99.0 Å². The fourth-order valence-electron chi connectivity index (χ4n) is 6.36. The molecular formula is C34H35Cl2F3N4O3. The molecule has 3 aromatic carbocycles. The Hall–Kier alpha value is -3.31. The van der Waals surface area contributed by atoms with Crippen molar-refractivity contribution < 1.29 is 27.4 Å². The lowest BCUT2D eigenvalue weighted by molar-refractivity contribution is -0.137. The molecule has 0 spiro atoms. The molecule has 3 atom stereocenters. The van der Waals surface area contributed by atoms with E-state index in [1.807, 2.05) is 24.3 Å². The number of rotatable bonds is 7. The Labute approximate surface area is 276 Å². The molecular weight excluding hydrogens is 640 g/mol. The average molecular weight is 676 g/mol. The number of hydrogen-bond donors (Lipinski definition) is 0. The van der Waals surface area contributed by atoms with Crippen LogP contribution in [0.25, 0.3) is 0 Å². The van der Waals surface area contributed by atoms with Gasteiger partial charge in [-0.05, 0) is 73.4 Å². The number of halogens is 5. The van der Waals surface area contributed by atoms with Crippen LogP contribution in [-0.2, 0) is 10.9 Å². The maximum Gasteiger partial charge on any atom is 0.416 e. The first-order valence-electron chi connectivity index (χ1n) is 15.5. The normalized spacial score (nSPS) is 22.3. The zero-order chi connectivity index (χ0) is 32.4. The molecule has 3 aliphatic rings. The van der Waals surface area contributed by atoms with Crippen molar-refractivity contribution in [3.8, 4) is 5.75 Å². The molecule has 0 radical (unpaired) electrons. The second-order valence-corrected chi connectivity index (χ2v) is 12.5. The summed E-state index contributed by atoms with van der Waals surface area (Å²) in [6.45, 7) is 5.78. The Bertz CT molecular complexity index is 1560. The predicted octanol–water partition coefficient (Wildman–Crippen LogP) is 7.87. The lowest BCUT2D eigenvalue weighted by atomic mass is 9.93. The minimum Gasteiger partial charge on any atom is -0.493 e. The Balaban J connectivity index is 1.42. The second-order valence-electron chi connectivity index (χ2n) is 11.7. The summed E-state index contributed by atoms with van der Waals surface area (Å²) < 4.78 is 52.9. The van der Waals surface area contributed by atoms with E-state index in [9.17, 15) is 18.0 Å². The number of hydrogen-bond acceptors (Lipinski definition) is 5. The number of urea groups is 1. The van der Waals surface area contributed by atoms with E-state index in [4.69, 9.17) is 37.7 Å². The van der Waals surface area contributed by atoms with Gasteiger partial charge in [-0.2, -0.15) is 13.2 Å². The van der Waals surface area contributed by atoms with Gasteiger partial charge in [-0.25, -0.2) is 4.79 Å². The highest BCUT2D eigenvalue weighted by Crippen LogP contribution is 2.46. The van der Waals surface area contributed by atoms with Crippen LogP contribution in [0.3, 0.4) is 0 Å². The summed E-state index contributed by atoms with van der Waals surface area (Å²) in [5.41, 5.74) is 1.03. The summed E-state index contributed by atoms with van der Waals surface area (Å²) in [4.78, 5) is 25.5. The van der Waals surface area contributed by atoms with Crippen molar-refractivity contribution in [1.82, 2.24) is 14.7 Å². The maximum absolute atomic E-state index is 14.7. The number of alkyl halides is 3. The van der Waals surface area contributed by atoms with Crippen LogP contribution in [-0.4, -0.2) is 78.6 Å². The zero-order valence-corrected chi connectivity index (χ0v) is 26.9. The largest absolute Gasteiger partial charge is 0.493 e. The van der Waals surface area contributed by atoms with Crippen molar-refractivity contribution in [2.24, 2.45) is 4.99 Å². The van der Waals surface area contributed by atoms with Gasteiger partial charge in [-0.3, -0.25) is 14.8 Å². The molecule has 2 amide bonds. The van der Waals surface area contributed by atoms with Gasteiger partial charge in [-0.1, -0.05) is 47.5 Å². The summed E-state index contributed by atoms with van der Waals surface area (Å²) in [6, 6.07) is 16.3. The maximum atomic E-state index is 14.7. The first-order chi connectivity index (χ1) is 22.1. The predicted molar refractivity (Wildman–Crippen MR) is 172 cm³/mol. The summed E-state index contributed by atoms with van der Waals surface area (Å²) in [6.07, 6.45) is -2.25. The summed E-state index contributed by atoms with van der Waals surface area (Å²) in [5.74, 6) is 0.241. The molecule has 3 unspecified atom stereocenters. The van der Waals surface area contributed by atoms with Crippen molar-refractivity contribution in [3.63, 3.8) is 0 Å². The molecule has 12 heteroatoms. The highest BCUT2D eigenvalue weighted by atomic mass is 35.5. The van der Waals surface area contributed by atoms with E-state index in [1.165, 1.54) is 6.07 Å². The number of amides is 2. The number of piperazine rings is 1. The molecule has 2 saturated heterocycles. The van der Waals surface area contributed by atoms with Crippen LogP contribution in [0, 0.1) is 0 Å². The van der Waals surface area contributed by atoms with Gasteiger partial charge < -0.3 is 14.4 Å². The van der Waals surface area contributed by atoms with Gasteiger partial charge in [-0.15, -0.1) is 0 Å². The molecule has 0 bridgehead atoms. The third kappa shape index (κ3) is 7.00. The first-order valence-corrected chi connectivity index (χ1v) is 16.2. The fraction of sp³-hybridized carbons (Fsp3) is 0.412. The molecule has 244 valence electrons. The molecule has 3 aliphatic heterocycles. The van der Waals surface area contributed by atoms with E-state index in [2.05, 4.69) is 4.90 Å². The SMILES string of the molecule is CCOc1cc(C(F)(F)F)ccc1C1=NC(c2ccc(Cl)cc2)C(c2ccc(Cl)cc2)N1C(=O)N1CCN(CC2CCCO2)CC1. The van der Waals surface area contributed by atoms with Crippen molar-refractivity contribution in [1.29, 1.82) is 0 Å². The minimum absolute atomic E-state index is 0.00173. The molecule has 0 N–H and O–H groups in total. The lowest BCUT2D eigenvalue weighted by Crippen LogP contribution is -2.55. The highest BCUT2D eigenvalue weighted by Gasteiger charge is 2.45. The van der Waals surface area contributed by atoms with Crippen LogP contribution >= 0.6 is 23.2 Å². The van der Waals surface area contributed by atoms with Gasteiger partial charge in [0.15, 0.2) is 0 Å². The summed E-state index contributed by atoms with van der Waals surface area (Å²) in [7, 11) is 0. The van der Waals surface area contributed by atoms with Gasteiger partial charge in [0.25, 0.3) is 0 Å². The number of nitrogens with zero attached hydrogens (tertiary/aromatic N) is 4. The Morgan fingerprint density at radius 2 is 1.61 bits per heavy atom. The topological polar surface area (TPSA) is 57.6 Å². The summed E-state index contributed by atoms with van der Waals surface area (Å²) in [5, 5.41) is 1.08. The quantitative estimate of drug-likeness (QED) is 0.256. The smallest absolute Gasteiger partial charge is 0.416 e. The van der Waals surface area contributed by atoms with Crippen LogP contribution in [0.2, 0.25) is 10.0 Å². The van der Waals surface area contributed by atoms with E-state index in [0.717, 1.165) is 49.3 Å².